The van der Waals surface area contributed by atoms with Crippen LogP contribution in [0.2, 0.25) is 0 Å². The summed E-state index contributed by atoms with van der Waals surface area (Å²) in [6, 6.07) is 0.117. The Balaban J connectivity index is 2.02. The van der Waals surface area contributed by atoms with Crippen molar-refractivity contribution in [2.24, 2.45) is 5.41 Å². The first kappa shape index (κ1) is 14.3. The van der Waals surface area contributed by atoms with Gasteiger partial charge >= 0.3 is 0 Å². The molecule has 0 aromatic rings. The zero-order valence-corrected chi connectivity index (χ0v) is 12.4. The minimum Gasteiger partial charge on any atom is -0.317 e. The third kappa shape index (κ3) is 3.25. The highest BCUT2D eigenvalue weighted by Crippen LogP contribution is 2.36. The smallest absolute Gasteiger partial charge is 0.214 e. The van der Waals surface area contributed by atoms with Crippen molar-refractivity contribution in [3.63, 3.8) is 0 Å². The van der Waals surface area contributed by atoms with E-state index in [0.717, 1.165) is 45.2 Å². The summed E-state index contributed by atoms with van der Waals surface area (Å²) in [5.74, 6) is 0. The normalized spacial score (nSPS) is 30.2. The Morgan fingerprint density at radius 2 is 1.78 bits per heavy atom. The summed E-state index contributed by atoms with van der Waals surface area (Å²) in [5, 5.41) is 3.02. The molecule has 1 heterocycles. The van der Waals surface area contributed by atoms with Crippen molar-refractivity contribution in [1.82, 2.24) is 10.0 Å². The van der Waals surface area contributed by atoms with Crippen molar-refractivity contribution >= 4 is 10.0 Å². The van der Waals surface area contributed by atoms with Crippen LogP contribution < -0.4 is 10.0 Å². The quantitative estimate of drug-likeness (QED) is 0.822. The zero-order chi connectivity index (χ0) is 13.2. The Kier molecular flexibility index (Phi) is 4.34. The van der Waals surface area contributed by atoms with Gasteiger partial charge in [-0.3, -0.25) is 0 Å². The molecule has 18 heavy (non-hydrogen) atoms. The molecule has 2 fully saturated rings. The molecule has 0 aromatic carbocycles. The second-order valence-electron chi connectivity index (χ2n) is 6.40. The molecule has 5 heteroatoms. The molecule has 1 aliphatic carbocycles. The number of hydrogen-bond acceptors (Lipinski definition) is 3. The summed E-state index contributed by atoms with van der Waals surface area (Å²) >= 11 is 0. The Hall–Kier alpha value is -0.130. The molecule has 0 radical (unpaired) electrons. The second kappa shape index (κ2) is 5.47. The molecule has 1 aliphatic heterocycles. The van der Waals surface area contributed by atoms with Crippen LogP contribution in [0, 0.1) is 5.41 Å². The minimum atomic E-state index is -3.14. The summed E-state index contributed by atoms with van der Waals surface area (Å²) in [7, 11) is -3.14. The van der Waals surface area contributed by atoms with Crippen LogP contribution in [0.15, 0.2) is 0 Å². The van der Waals surface area contributed by atoms with Gasteiger partial charge in [-0.25, -0.2) is 13.1 Å². The van der Waals surface area contributed by atoms with Gasteiger partial charge in [0.25, 0.3) is 0 Å². The van der Waals surface area contributed by atoms with Crippen molar-refractivity contribution in [3.05, 3.63) is 0 Å². The van der Waals surface area contributed by atoms with Gasteiger partial charge in [0, 0.05) is 6.04 Å². The fraction of sp³-hybridized carbons (Fsp3) is 1.00. The van der Waals surface area contributed by atoms with Crippen LogP contribution in [0.25, 0.3) is 0 Å². The molecule has 2 aliphatic rings. The molecule has 0 aromatic heterocycles. The molecule has 0 amide bonds. The zero-order valence-electron chi connectivity index (χ0n) is 11.5. The molecule has 106 valence electrons. The predicted octanol–water partition coefficient (Wildman–Crippen LogP) is 1.63. The van der Waals surface area contributed by atoms with E-state index in [-0.39, 0.29) is 16.7 Å². The largest absolute Gasteiger partial charge is 0.317 e. The monoisotopic (exact) mass is 274 g/mol. The topological polar surface area (TPSA) is 58.2 Å². The summed E-state index contributed by atoms with van der Waals surface area (Å²) in [5.41, 5.74) is 0.0955. The summed E-state index contributed by atoms with van der Waals surface area (Å²) in [6.45, 7) is 6.00. The van der Waals surface area contributed by atoms with Crippen LogP contribution in [-0.2, 0) is 10.0 Å². The van der Waals surface area contributed by atoms with E-state index >= 15 is 0 Å². The Morgan fingerprint density at radius 1 is 1.11 bits per heavy atom. The lowest BCUT2D eigenvalue weighted by Gasteiger charge is -2.39. The fourth-order valence-corrected chi connectivity index (χ4v) is 4.99. The number of piperidine rings is 1. The van der Waals surface area contributed by atoms with Crippen molar-refractivity contribution in [2.45, 2.75) is 63.7 Å². The third-order valence-electron chi connectivity index (χ3n) is 4.54. The summed E-state index contributed by atoms with van der Waals surface area (Å²) in [4.78, 5) is 0. The van der Waals surface area contributed by atoms with Gasteiger partial charge in [0.05, 0.1) is 5.25 Å². The van der Waals surface area contributed by atoms with Gasteiger partial charge in [0.15, 0.2) is 0 Å². The van der Waals surface area contributed by atoms with E-state index in [1.807, 2.05) is 0 Å². The SMILES string of the molecule is CC1(C)CCCCC1NS(=O)(=O)C1CCNCC1. The summed E-state index contributed by atoms with van der Waals surface area (Å²) in [6.07, 6.45) is 5.94. The van der Waals surface area contributed by atoms with Crippen LogP contribution in [0.3, 0.4) is 0 Å². The van der Waals surface area contributed by atoms with Crippen LogP contribution in [0.4, 0.5) is 0 Å². The fourth-order valence-electron chi connectivity index (χ4n) is 3.11. The standard InChI is InChI=1S/C13H26N2O2S/c1-13(2)8-4-3-5-12(13)15-18(16,17)11-6-9-14-10-7-11/h11-12,14-15H,3-10H2,1-2H3. The van der Waals surface area contributed by atoms with E-state index in [1.54, 1.807) is 0 Å². The van der Waals surface area contributed by atoms with E-state index in [2.05, 4.69) is 23.9 Å². The second-order valence-corrected chi connectivity index (χ2v) is 8.39. The van der Waals surface area contributed by atoms with Gasteiger partial charge in [-0.2, -0.15) is 0 Å². The Labute approximate surface area is 111 Å². The molecule has 4 nitrogen and oxygen atoms in total. The molecule has 2 N–H and O–H groups in total. The van der Waals surface area contributed by atoms with Gasteiger partial charge in [-0.05, 0) is 44.2 Å². The van der Waals surface area contributed by atoms with Crippen molar-refractivity contribution in [2.75, 3.05) is 13.1 Å². The molecule has 0 bridgehead atoms. The van der Waals surface area contributed by atoms with Crippen LogP contribution in [0.1, 0.15) is 52.4 Å². The molecule has 1 saturated carbocycles. The first-order chi connectivity index (χ1) is 8.42. The van der Waals surface area contributed by atoms with Gasteiger partial charge < -0.3 is 5.32 Å². The number of hydrogen-bond donors (Lipinski definition) is 2. The van der Waals surface area contributed by atoms with Crippen molar-refractivity contribution in [3.8, 4) is 0 Å². The van der Waals surface area contributed by atoms with Crippen molar-refractivity contribution in [1.29, 1.82) is 0 Å². The Bertz CT molecular complexity index is 372. The van der Waals surface area contributed by atoms with Crippen molar-refractivity contribution < 1.29 is 8.42 Å². The highest BCUT2D eigenvalue weighted by Gasteiger charge is 2.37. The highest BCUT2D eigenvalue weighted by molar-refractivity contribution is 7.90. The Morgan fingerprint density at radius 3 is 2.39 bits per heavy atom. The van der Waals surface area contributed by atoms with Crippen LogP contribution in [-0.4, -0.2) is 32.8 Å². The van der Waals surface area contributed by atoms with E-state index in [4.69, 9.17) is 0 Å². The van der Waals surface area contributed by atoms with Crippen LogP contribution >= 0.6 is 0 Å². The first-order valence-corrected chi connectivity index (χ1v) is 8.68. The number of rotatable bonds is 3. The van der Waals surface area contributed by atoms with E-state index in [1.165, 1.54) is 6.42 Å². The molecular formula is C13H26N2O2S. The average molecular weight is 274 g/mol. The molecule has 2 rings (SSSR count). The molecule has 0 spiro atoms. The maximum absolute atomic E-state index is 12.4. The molecule has 1 unspecified atom stereocenters. The van der Waals surface area contributed by atoms with Gasteiger partial charge in [-0.1, -0.05) is 26.7 Å². The van der Waals surface area contributed by atoms with Crippen LogP contribution in [0.5, 0.6) is 0 Å². The lowest BCUT2D eigenvalue weighted by molar-refractivity contribution is 0.187. The predicted molar refractivity (Wildman–Crippen MR) is 74.0 cm³/mol. The number of sulfonamides is 1. The van der Waals surface area contributed by atoms with E-state index < -0.39 is 10.0 Å². The number of nitrogens with one attached hydrogen (secondary N) is 2. The highest BCUT2D eigenvalue weighted by atomic mass is 32.2. The van der Waals surface area contributed by atoms with Gasteiger partial charge in [0.2, 0.25) is 10.0 Å². The molecule has 1 atom stereocenters. The summed E-state index contributed by atoms with van der Waals surface area (Å²) < 4.78 is 27.8. The lowest BCUT2D eigenvalue weighted by Crippen LogP contribution is -2.51. The maximum atomic E-state index is 12.4. The minimum absolute atomic E-state index is 0.0955. The molecular weight excluding hydrogens is 248 g/mol. The van der Waals surface area contributed by atoms with E-state index in [9.17, 15) is 8.42 Å². The van der Waals surface area contributed by atoms with Gasteiger partial charge in [-0.15, -0.1) is 0 Å². The maximum Gasteiger partial charge on any atom is 0.214 e. The lowest BCUT2D eigenvalue weighted by atomic mass is 9.74. The average Bonchev–Trinajstić information content (AvgIpc) is 2.33. The first-order valence-electron chi connectivity index (χ1n) is 7.14. The third-order valence-corrected chi connectivity index (χ3v) is 6.50. The van der Waals surface area contributed by atoms with Gasteiger partial charge in [0.1, 0.15) is 0 Å². The molecule has 1 saturated heterocycles. The van der Waals surface area contributed by atoms with E-state index in [0.29, 0.717) is 0 Å².